The molecule has 0 fully saturated rings. The fraction of sp³-hybridized carbons (Fsp3) is 0.0833. The fourth-order valence-corrected chi connectivity index (χ4v) is 1.56. The first-order chi connectivity index (χ1) is 9.97. The van der Waals surface area contributed by atoms with E-state index < -0.39 is 10.8 Å². The summed E-state index contributed by atoms with van der Waals surface area (Å²) in [6, 6.07) is 5.05. The van der Waals surface area contributed by atoms with E-state index in [2.05, 4.69) is 20.7 Å². The highest BCUT2D eigenvalue weighted by Crippen LogP contribution is 2.21. The number of nitrogens with zero attached hydrogens (tertiary/aromatic N) is 3. The zero-order valence-corrected chi connectivity index (χ0v) is 10.9. The third kappa shape index (κ3) is 3.41. The number of phenolic OH excluding ortho intramolecular Hbond substituents is 1. The van der Waals surface area contributed by atoms with E-state index in [0.717, 1.165) is 12.3 Å². The molecule has 0 radical (unpaired) electrons. The molecule has 1 aromatic carbocycles. The summed E-state index contributed by atoms with van der Waals surface area (Å²) in [6.45, 7) is 1.74. The van der Waals surface area contributed by atoms with Crippen LogP contribution in [0.4, 0.5) is 5.69 Å². The van der Waals surface area contributed by atoms with Gasteiger partial charge in [-0.1, -0.05) is 0 Å². The zero-order chi connectivity index (χ0) is 15.4. The monoisotopic (exact) mass is 289 g/mol. The zero-order valence-electron chi connectivity index (χ0n) is 10.9. The van der Waals surface area contributed by atoms with Crippen LogP contribution in [0.2, 0.25) is 0 Å². The van der Waals surface area contributed by atoms with Crippen molar-refractivity contribution in [1.29, 1.82) is 0 Å². The number of amides is 1. The van der Waals surface area contributed by atoms with Gasteiger partial charge in [0.05, 0.1) is 16.7 Å². The quantitative estimate of drug-likeness (QED) is 0.440. The lowest BCUT2D eigenvalue weighted by molar-refractivity contribution is -0.385. The van der Waals surface area contributed by atoms with Crippen molar-refractivity contribution < 1.29 is 14.8 Å². The van der Waals surface area contributed by atoms with Crippen molar-refractivity contribution in [2.75, 3.05) is 0 Å². The van der Waals surface area contributed by atoms with Gasteiger partial charge < -0.3 is 5.11 Å². The van der Waals surface area contributed by atoms with Crippen LogP contribution in [-0.4, -0.2) is 32.3 Å². The first-order valence-electron chi connectivity index (χ1n) is 5.80. The Morgan fingerprint density at radius 3 is 2.90 bits per heavy atom. The van der Waals surface area contributed by atoms with E-state index in [-0.39, 0.29) is 22.7 Å². The smallest absolute Gasteiger partial charge is 0.291 e. The molecule has 9 nitrogen and oxygen atoms in total. The Morgan fingerprint density at radius 1 is 1.52 bits per heavy atom. The summed E-state index contributed by atoms with van der Waals surface area (Å²) in [7, 11) is 0. The summed E-state index contributed by atoms with van der Waals surface area (Å²) >= 11 is 0. The molecule has 0 saturated carbocycles. The first kappa shape index (κ1) is 14.2. The van der Waals surface area contributed by atoms with Gasteiger partial charge in [-0.25, -0.2) is 5.43 Å². The number of aryl methyl sites for hydroxylation is 1. The normalized spacial score (nSPS) is 10.7. The van der Waals surface area contributed by atoms with Crippen molar-refractivity contribution in [1.82, 2.24) is 15.6 Å². The maximum atomic E-state index is 11.6. The number of nitrogens with one attached hydrogen (secondary N) is 2. The van der Waals surface area contributed by atoms with Crippen molar-refractivity contribution in [2.45, 2.75) is 6.92 Å². The van der Waals surface area contributed by atoms with E-state index in [1.807, 2.05) is 0 Å². The number of aromatic amines is 1. The number of aromatic hydroxyl groups is 1. The van der Waals surface area contributed by atoms with Crippen LogP contribution >= 0.6 is 0 Å². The average molecular weight is 289 g/mol. The summed E-state index contributed by atoms with van der Waals surface area (Å²) in [5, 5.41) is 30.1. The summed E-state index contributed by atoms with van der Waals surface area (Å²) in [5.41, 5.74) is 2.89. The van der Waals surface area contributed by atoms with E-state index in [0.29, 0.717) is 5.69 Å². The molecule has 1 amide bonds. The lowest BCUT2D eigenvalue weighted by Crippen LogP contribution is -2.18. The van der Waals surface area contributed by atoms with Crippen LogP contribution in [0.15, 0.2) is 29.4 Å². The number of hydrogen-bond acceptors (Lipinski definition) is 6. The molecule has 0 aliphatic rings. The number of benzene rings is 1. The second kappa shape index (κ2) is 5.82. The van der Waals surface area contributed by atoms with Crippen LogP contribution in [0.5, 0.6) is 5.75 Å². The van der Waals surface area contributed by atoms with Crippen LogP contribution in [0.3, 0.4) is 0 Å². The Bertz CT molecular complexity index is 722. The Kier molecular flexibility index (Phi) is 3.93. The molecule has 2 rings (SSSR count). The molecular weight excluding hydrogens is 278 g/mol. The molecule has 1 heterocycles. The standard InChI is InChI=1S/C12H11N5O4/c1-7-4-10(15-14-7)12(19)16-13-6-8-5-9(18)2-3-11(8)17(20)21/h2-6,18H,1H3,(H,14,15)(H,16,19). The Hall–Kier alpha value is -3.23. The molecule has 21 heavy (non-hydrogen) atoms. The molecule has 0 bridgehead atoms. The number of rotatable bonds is 4. The number of phenols is 1. The van der Waals surface area contributed by atoms with Gasteiger partial charge in [0, 0.05) is 11.8 Å². The maximum Gasteiger partial charge on any atom is 0.291 e. The van der Waals surface area contributed by atoms with Gasteiger partial charge in [-0.05, 0) is 25.1 Å². The van der Waals surface area contributed by atoms with E-state index in [4.69, 9.17) is 0 Å². The number of hydrazone groups is 1. The van der Waals surface area contributed by atoms with E-state index >= 15 is 0 Å². The van der Waals surface area contributed by atoms with Gasteiger partial charge in [0.2, 0.25) is 0 Å². The summed E-state index contributed by atoms with van der Waals surface area (Å²) in [5.74, 6) is -0.699. The molecular formula is C12H11N5O4. The predicted octanol–water partition coefficient (Wildman–Crippen LogP) is 1.10. The van der Waals surface area contributed by atoms with Gasteiger partial charge in [-0.3, -0.25) is 20.0 Å². The second-order valence-electron chi connectivity index (χ2n) is 4.14. The first-order valence-corrected chi connectivity index (χ1v) is 5.80. The van der Waals surface area contributed by atoms with Crippen LogP contribution in [-0.2, 0) is 0 Å². The van der Waals surface area contributed by atoms with E-state index in [1.54, 1.807) is 6.92 Å². The number of carbonyl (C=O) groups excluding carboxylic acids is 1. The lowest BCUT2D eigenvalue weighted by Gasteiger charge is -1.98. The number of nitro groups is 1. The number of H-pyrrole nitrogens is 1. The predicted molar refractivity (Wildman–Crippen MR) is 73.1 cm³/mol. The summed E-state index contributed by atoms with van der Waals surface area (Å²) in [6.07, 6.45) is 1.08. The van der Waals surface area contributed by atoms with Gasteiger partial charge in [-0.15, -0.1) is 0 Å². The van der Waals surface area contributed by atoms with Crippen LogP contribution in [0, 0.1) is 17.0 Å². The fourth-order valence-electron chi connectivity index (χ4n) is 1.56. The largest absolute Gasteiger partial charge is 0.508 e. The minimum absolute atomic E-state index is 0.0681. The maximum absolute atomic E-state index is 11.6. The Morgan fingerprint density at radius 2 is 2.29 bits per heavy atom. The Labute approximate surface area is 118 Å². The summed E-state index contributed by atoms with van der Waals surface area (Å²) < 4.78 is 0. The molecule has 108 valence electrons. The number of aromatic nitrogens is 2. The van der Waals surface area contributed by atoms with Crippen LogP contribution < -0.4 is 5.43 Å². The third-order valence-corrected chi connectivity index (χ3v) is 2.52. The van der Waals surface area contributed by atoms with E-state index in [9.17, 15) is 20.0 Å². The third-order valence-electron chi connectivity index (χ3n) is 2.52. The average Bonchev–Trinajstić information content (AvgIpc) is 2.85. The number of nitro benzene ring substituents is 1. The molecule has 0 spiro atoms. The molecule has 0 atom stereocenters. The minimum atomic E-state index is -0.611. The highest BCUT2D eigenvalue weighted by Gasteiger charge is 2.13. The van der Waals surface area contributed by atoms with Gasteiger partial charge in [0.25, 0.3) is 11.6 Å². The van der Waals surface area contributed by atoms with Crippen LogP contribution in [0.25, 0.3) is 0 Å². The molecule has 0 unspecified atom stereocenters. The van der Waals surface area contributed by atoms with Crippen LogP contribution in [0.1, 0.15) is 21.7 Å². The van der Waals surface area contributed by atoms with Crippen molar-refractivity contribution in [3.63, 3.8) is 0 Å². The molecule has 9 heteroatoms. The minimum Gasteiger partial charge on any atom is -0.508 e. The van der Waals surface area contributed by atoms with Crippen molar-refractivity contribution >= 4 is 17.8 Å². The SMILES string of the molecule is Cc1cc(C(=O)NN=Cc2cc(O)ccc2[N+](=O)[O-])n[nH]1. The highest BCUT2D eigenvalue weighted by atomic mass is 16.6. The summed E-state index contributed by atoms with van der Waals surface area (Å²) in [4.78, 5) is 21.8. The molecule has 1 aromatic heterocycles. The molecule has 0 aliphatic carbocycles. The number of hydrogen-bond donors (Lipinski definition) is 3. The van der Waals surface area contributed by atoms with Crippen molar-refractivity contribution in [2.24, 2.45) is 5.10 Å². The molecule has 0 aliphatic heterocycles. The van der Waals surface area contributed by atoms with Gasteiger partial charge in [0.15, 0.2) is 5.69 Å². The molecule has 3 N–H and O–H groups in total. The Balaban J connectivity index is 2.13. The lowest BCUT2D eigenvalue weighted by atomic mass is 10.2. The topological polar surface area (TPSA) is 134 Å². The highest BCUT2D eigenvalue weighted by molar-refractivity contribution is 5.93. The van der Waals surface area contributed by atoms with E-state index in [1.165, 1.54) is 18.2 Å². The van der Waals surface area contributed by atoms with Gasteiger partial charge in [0.1, 0.15) is 5.75 Å². The van der Waals surface area contributed by atoms with Crippen molar-refractivity contribution in [3.05, 3.63) is 51.3 Å². The second-order valence-corrected chi connectivity index (χ2v) is 4.14. The number of carbonyl (C=O) groups is 1. The molecule has 0 saturated heterocycles. The molecule has 2 aromatic rings. The van der Waals surface area contributed by atoms with Gasteiger partial charge in [-0.2, -0.15) is 10.2 Å². The van der Waals surface area contributed by atoms with Crippen molar-refractivity contribution in [3.8, 4) is 5.75 Å². The van der Waals surface area contributed by atoms with Gasteiger partial charge >= 0.3 is 0 Å².